The number of rotatable bonds is 11. The third-order valence-corrected chi connectivity index (χ3v) is 6.87. The van der Waals surface area contributed by atoms with E-state index < -0.39 is 17.7 Å². The monoisotopic (exact) mass is 508 g/mol. The average molecular weight is 509 g/mol. The van der Waals surface area contributed by atoms with Crippen molar-refractivity contribution >= 4 is 29.6 Å². The van der Waals surface area contributed by atoms with E-state index in [1.807, 2.05) is 19.0 Å². The lowest BCUT2D eigenvalue weighted by molar-refractivity contribution is -0.0133. The van der Waals surface area contributed by atoms with Crippen LogP contribution < -0.4 is 20.9 Å². The number of hydrogen-bond acceptors (Lipinski definition) is 10. The molecular weight excluding hydrogens is 476 g/mol. The number of nitrogens with zero attached hydrogens (tertiary/aromatic N) is 5. The van der Waals surface area contributed by atoms with E-state index >= 15 is 0 Å². The zero-order valence-corrected chi connectivity index (χ0v) is 21.2. The fraction of sp³-hybridized carbons (Fsp3) is 0.480. The number of ether oxygens (including phenoxy) is 1. The molecule has 2 aromatic rings. The zero-order valence-electron chi connectivity index (χ0n) is 21.2. The van der Waals surface area contributed by atoms with E-state index in [1.165, 1.54) is 11.1 Å². The molecule has 37 heavy (non-hydrogen) atoms. The number of carbonyl (C=O) groups excluding carboxylic acids is 2. The maximum absolute atomic E-state index is 13.5. The second-order valence-corrected chi connectivity index (χ2v) is 9.55. The topological polar surface area (TPSA) is 156 Å². The van der Waals surface area contributed by atoms with Crippen LogP contribution in [0, 0.1) is 11.3 Å². The van der Waals surface area contributed by atoms with Crippen LogP contribution >= 0.6 is 0 Å². The summed E-state index contributed by atoms with van der Waals surface area (Å²) < 4.78 is 5.04. The van der Waals surface area contributed by atoms with Gasteiger partial charge in [-0.1, -0.05) is 6.07 Å². The number of aldehydes is 1. The van der Waals surface area contributed by atoms with Crippen LogP contribution in [0.25, 0.3) is 0 Å². The summed E-state index contributed by atoms with van der Waals surface area (Å²) >= 11 is 0. The first-order chi connectivity index (χ1) is 17.8. The minimum absolute atomic E-state index is 0.198. The summed E-state index contributed by atoms with van der Waals surface area (Å²) in [6.07, 6.45) is 2.31. The molecule has 12 nitrogen and oxygen atoms in total. The van der Waals surface area contributed by atoms with E-state index in [0.717, 1.165) is 12.1 Å². The van der Waals surface area contributed by atoms with Gasteiger partial charge in [-0.15, -0.1) is 0 Å². The Labute approximate surface area is 215 Å². The van der Waals surface area contributed by atoms with Crippen molar-refractivity contribution in [3.8, 4) is 6.07 Å². The Kier molecular flexibility index (Phi) is 7.99. The molecule has 3 aliphatic rings. The maximum atomic E-state index is 13.5. The Morgan fingerprint density at radius 2 is 2.19 bits per heavy atom. The number of likely N-dealkylation sites (N-methyl/N-ethyl adjacent to an activating group) is 1. The molecule has 1 atom stereocenters. The van der Waals surface area contributed by atoms with Gasteiger partial charge in [0.25, 0.3) is 0 Å². The highest BCUT2D eigenvalue weighted by Crippen LogP contribution is 2.56. The smallest absolute Gasteiger partial charge is 0.328 e. The molecule has 2 amide bonds. The Hall–Kier alpha value is -3.63. The SMILES string of the molecule is COCCNc1cc(NC(=O)N2c3nc(C=O)ccc3C3(C(O)NCCN(C)C)CC2C3)ncc1C#N. The van der Waals surface area contributed by atoms with E-state index in [9.17, 15) is 20.0 Å². The van der Waals surface area contributed by atoms with Gasteiger partial charge < -0.3 is 20.1 Å². The lowest BCUT2D eigenvalue weighted by atomic mass is 9.57. The number of urea groups is 1. The van der Waals surface area contributed by atoms with Crippen molar-refractivity contribution in [3.63, 3.8) is 0 Å². The van der Waals surface area contributed by atoms with Crippen molar-refractivity contribution in [2.45, 2.75) is 30.5 Å². The summed E-state index contributed by atoms with van der Waals surface area (Å²) in [5.74, 6) is 0.615. The normalized spacial score (nSPS) is 20.4. The summed E-state index contributed by atoms with van der Waals surface area (Å²) in [5.41, 5.74) is 1.19. The molecule has 2 aliphatic heterocycles. The molecule has 5 rings (SSSR count). The highest BCUT2D eigenvalue weighted by Gasteiger charge is 2.59. The van der Waals surface area contributed by atoms with E-state index in [4.69, 9.17) is 4.74 Å². The van der Waals surface area contributed by atoms with Crippen molar-refractivity contribution in [1.29, 1.82) is 5.26 Å². The van der Waals surface area contributed by atoms with E-state index in [1.54, 1.807) is 25.3 Å². The molecule has 4 heterocycles. The molecule has 2 aromatic heterocycles. The molecule has 2 bridgehead atoms. The first kappa shape index (κ1) is 26.4. The van der Waals surface area contributed by atoms with Crippen LogP contribution in [0.5, 0.6) is 0 Å². The first-order valence-electron chi connectivity index (χ1n) is 12.1. The van der Waals surface area contributed by atoms with Gasteiger partial charge in [0.2, 0.25) is 0 Å². The van der Waals surface area contributed by atoms with Crippen molar-refractivity contribution in [2.24, 2.45) is 0 Å². The number of nitrogens with one attached hydrogen (secondary N) is 3. The number of anilines is 3. The number of amides is 2. The number of aliphatic hydroxyl groups is 1. The highest BCUT2D eigenvalue weighted by atomic mass is 16.5. The van der Waals surface area contributed by atoms with Gasteiger partial charge in [-0.05, 0) is 33.0 Å². The Morgan fingerprint density at radius 1 is 1.41 bits per heavy atom. The molecule has 0 saturated heterocycles. The van der Waals surface area contributed by atoms with Crippen LogP contribution in [0.2, 0.25) is 0 Å². The van der Waals surface area contributed by atoms with Crippen LogP contribution in [0.1, 0.15) is 34.5 Å². The van der Waals surface area contributed by atoms with Crippen LogP contribution in [-0.2, 0) is 10.2 Å². The van der Waals surface area contributed by atoms with Gasteiger partial charge in [-0.2, -0.15) is 5.26 Å². The molecule has 1 aliphatic carbocycles. The number of pyridine rings is 2. The fourth-order valence-corrected chi connectivity index (χ4v) is 4.93. The van der Waals surface area contributed by atoms with Crippen molar-refractivity contribution in [3.05, 3.63) is 41.2 Å². The standard InChI is InChI=1S/C25H32N8O4/c1-32(2)8-6-28-23(35)25-11-18(12-25)33(22-19(25)5-4-17(15-34)30-22)24(36)31-21-10-20(27-7-9-37-3)16(13-26)14-29-21/h4-5,10,14-15,18,23,28,35H,6-9,11-12H2,1-3H3,(H2,27,29,31,36). The summed E-state index contributed by atoms with van der Waals surface area (Å²) in [6.45, 7) is 2.30. The number of nitriles is 1. The predicted octanol–water partition coefficient (Wildman–Crippen LogP) is 1.14. The van der Waals surface area contributed by atoms with Crippen LogP contribution in [0.15, 0.2) is 24.4 Å². The molecule has 196 valence electrons. The first-order valence-corrected chi connectivity index (χ1v) is 12.1. The van der Waals surface area contributed by atoms with Crippen LogP contribution in [0.3, 0.4) is 0 Å². The highest BCUT2D eigenvalue weighted by molar-refractivity contribution is 6.03. The minimum atomic E-state index is -0.822. The van der Waals surface area contributed by atoms with Crippen molar-refractivity contribution in [2.75, 3.05) is 63.0 Å². The van der Waals surface area contributed by atoms with Gasteiger partial charge in [0.05, 0.1) is 17.9 Å². The van der Waals surface area contributed by atoms with Gasteiger partial charge >= 0.3 is 6.03 Å². The number of hydrogen-bond donors (Lipinski definition) is 4. The molecule has 4 N–H and O–H groups in total. The van der Waals surface area contributed by atoms with Crippen molar-refractivity contribution < 1.29 is 19.4 Å². The Morgan fingerprint density at radius 3 is 2.86 bits per heavy atom. The average Bonchev–Trinajstić information content (AvgIpc) is 2.86. The fourth-order valence-electron chi connectivity index (χ4n) is 4.93. The Bertz CT molecular complexity index is 1190. The van der Waals surface area contributed by atoms with Gasteiger partial charge in [0, 0.05) is 56.0 Å². The van der Waals surface area contributed by atoms with Gasteiger partial charge in [0.1, 0.15) is 29.6 Å². The quantitative estimate of drug-likeness (QED) is 0.197. The Balaban J connectivity index is 1.58. The largest absolute Gasteiger partial charge is 0.383 e. The molecule has 12 heteroatoms. The minimum Gasteiger partial charge on any atom is -0.383 e. The lowest BCUT2D eigenvalue weighted by Gasteiger charge is -2.58. The summed E-state index contributed by atoms with van der Waals surface area (Å²) in [4.78, 5) is 37.2. The van der Waals surface area contributed by atoms with Crippen LogP contribution in [-0.4, -0.2) is 92.0 Å². The molecule has 1 unspecified atom stereocenters. The number of aliphatic hydroxyl groups excluding tert-OH is 1. The van der Waals surface area contributed by atoms with Gasteiger partial charge in [-0.25, -0.2) is 14.8 Å². The second kappa shape index (κ2) is 11.2. The number of carbonyl (C=O) groups is 2. The summed E-state index contributed by atoms with van der Waals surface area (Å²) in [5, 5.41) is 29.6. The molecule has 0 radical (unpaired) electrons. The second-order valence-electron chi connectivity index (χ2n) is 9.55. The molecule has 1 fully saturated rings. The number of methoxy groups -OCH3 is 1. The van der Waals surface area contributed by atoms with Gasteiger partial charge in [0.15, 0.2) is 6.29 Å². The molecular formula is C25H32N8O4. The van der Waals surface area contributed by atoms with Crippen molar-refractivity contribution in [1.82, 2.24) is 20.2 Å². The van der Waals surface area contributed by atoms with Gasteiger partial charge in [-0.3, -0.25) is 20.3 Å². The maximum Gasteiger partial charge on any atom is 0.328 e. The molecule has 1 saturated carbocycles. The molecule has 0 spiro atoms. The predicted molar refractivity (Wildman–Crippen MR) is 138 cm³/mol. The third-order valence-electron chi connectivity index (χ3n) is 6.87. The zero-order chi connectivity index (χ0) is 26.6. The van der Waals surface area contributed by atoms with E-state index in [0.29, 0.717) is 55.9 Å². The lowest BCUT2D eigenvalue weighted by Crippen LogP contribution is -2.67. The number of aromatic nitrogens is 2. The summed E-state index contributed by atoms with van der Waals surface area (Å²) in [7, 11) is 5.51. The third kappa shape index (κ3) is 5.26. The molecule has 0 aromatic carbocycles. The summed E-state index contributed by atoms with van der Waals surface area (Å²) in [6, 6.07) is 6.39. The van der Waals surface area contributed by atoms with E-state index in [2.05, 4.69) is 32.0 Å². The van der Waals surface area contributed by atoms with E-state index in [-0.39, 0.29) is 17.6 Å². The van der Waals surface area contributed by atoms with Crippen LogP contribution in [0.4, 0.5) is 22.1 Å².